The van der Waals surface area contributed by atoms with Crippen LogP contribution in [0.5, 0.6) is 0 Å². The first kappa shape index (κ1) is 14.3. The summed E-state index contributed by atoms with van der Waals surface area (Å²) in [5, 5.41) is 0. The summed E-state index contributed by atoms with van der Waals surface area (Å²) in [7, 11) is 0. The molecule has 0 aliphatic heterocycles. The number of aryl methyl sites for hydroxylation is 1. The van der Waals surface area contributed by atoms with Gasteiger partial charge in [-0.3, -0.25) is 11.3 Å². The summed E-state index contributed by atoms with van der Waals surface area (Å²) in [5.74, 6) is 5.94. The number of hydrazine groups is 1. The Hall–Kier alpha value is -1.64. The van der Waals surface area contributed by atoms with Crippen LogP contribution in [0.4, 0.5) is 0 Å². The molecule has 1 aliphatic carbocycles. The smallest absolute Gasteiger partial charge is 0.0347 e. The van der Waals surface area contributed by atoms with Gasteiger partial charge in [-0.2, -0.15) is 0 Å². The van der Waals surface area contributed by atoms with Crippen LogP contribution >= 0.6 is 0 Å². The van der Waals surface area contributed by atoms with Crippen LogP contribution in [0.25, 0.3) is 0 Å². The molecule has 0 amide bonds. The molecule has 0 heterocycles. The van der Waals surface area contributed by atoms with Crippen molar-refractivity contribution in [2.45, 2.75) is 44.1 Å². The lowest BCUT2D eigenvalue weighted by Gasteiger charge is -2.48. The molecule has 0 saturated heterocycles. The highest BCUT2D eigenvalue weighted by molar-refractivity contribution is 5.32. The van der Waals surface area contributed by atoms with Gasteiger partial charge in [0, 0.05) is 11.5 Å². The monoisotopic (exact) mass is 280 g/mol. The van der Waals surface area contributed by atoms with E-state index in [0.29, 0.717) is 0 Å². The van der Waals surface area contributed by atoms with Gasteiger partial charge in [0.1, 0.15) is 0 Å². The van der Waals surface area contributed by atoms with Crippen molar-refractivity contribution in [3.63, 3.8) is 0 Å². The second-order valence-corrected chi connectivity index (χ2v) is 6.29. The predicted molar refractivity (Wildman–Crippen MR) is 88.0 cm³/mol. The number of nitrogens with two attached hydrogens (primary N) is 1. The van der Waals surface area contributed by atoms with Gasteiger partial charge in [0.2, 0.25) is 0 Å². The van der Waals surface area contributed by atoms with Crippen molar-refractivity contribution in [3.8, 4) is 0 Å². The summed E-state index contributed by atoms with van der Waals surface area (Å²) in [4.78, 5) is 0. The molecular formula is C19H24N2. The maximum atomic E-state index is 5.94. The van der Waals surface area contributed by atoms with Crippen molar-refractivity contribution in [2.75, 3.05) is 0 Å². The van der Waals surface area contributed by atoms with E-state index in [1.54, 1.807) is 0 Å². The van der Waals surface area contributed by atoms with Crippen LogP contribution < -0.4 is 11.3 Å². The highest BCUT2D eigenvalue weighted by Crippen LogP contribution is 2.47. The Kier molecular flexibility index (Phi) is 4.09. The molecule has 0 radical (unpaired) electrons. The molecule has 3 N–H and O–H groups in total. The normalized spacial score (nSPS) is 18.0. The van der Waals surface area contributed by atoms with Crippen LogP contribution in [0, 0.1) is 6.92 Å². The van der Waals surface area contributed by atoms with Crippen LogP contribution in [-0.4, -0.2) is 6.04 Å². The summed E-state index contributed by atoms with van der Waals surface area (Å²) in [6.45, 7) is 2.14. The van der Waals surface area contributed by atoms with Gasteiger partial charge < -0.3 is 0 Å². The molecule has 110 valence electrons. The molecule has 1 unspecified atom stereocenters. The van der Waals surface area contributed by atoms with E-state index in [1.165, 1.54) is 36.0 Å². The molecule has 2 aromatic carbocycles. The van der Waals surface area contributed by atoms with E-state index in [-0.39, 0.29) is 11.5 Å². The third kappa shape index (κ3) is 2.74. The zero-order chi connectivity index (χ0) is 14.7. The molecule has 2 aromatic rings. The number of nitrogens with one attached hydrogen (secondary N) is 1. The van der Waals surface area contributed by atoms with Gasteiger partial charge in [-0.25, -0.2) is 0 Å². The maximum absolute atomic E-state index is 5.94. The van der Waals surface area contributed by atoms with Gasteiger partial charge in [0.15, 0.2) is 0 Å². The third-order valence-electron chi connectivity index (χ3n) is 4.99. The molecule has 1 fully saturated rings. The van der Waals surface area contributed by atoms with Crippen LogP contribution in [0.1, 0.15) is 36.0 Å². The van der Waals surface area contributed by atoms with Gasteiger partial charge in [0.25, 0.3) is 0 Å². The molecule has 1 saturated carbocycles. The highest BCUT2D eigenvalue weighted by atomic mass is 15.2. The molecule has 2 nitrogen and oxygen atoms in total. The van der Waals surface area contributed by atoms with E-state index in [0.717, 1.165) is 6.42 Å². The first-order chi connectivity index (χ1) is 10.2. The number of hydrogen-bond acceptors (Lipinski definition) is 2. The van der Waals surface area contributed by atoms with Crippen LogP contribution in [-0.2, 0) is 11.8 Å². The van der Waals surface area contributed by atoms with Crippen molar-refractivity contribution >= 4 is 0 Å². The van der Waals surface area contributed by atoms with E-state index in [4.69, 9.17) is 5.84 Å². The number of benzene rings is 2. The van der Waals surface area contributed by atoms with Gasteiger partial charge in [0.05, 0.1) is 0 Å². The SMILES string of the molecule is Cc1cccc(CC(NN)C2(c3ccccc3)CCC2)c1. The fourth-order valence-electron chi connectivity index (χ4n) is 3.65. The third-order valence-corrected chi connectivity index (χ3v) is 4.99. The van der Waals surface area contributed by atoms with Crippen molar-refractivity contribution in [3.05, 3.63) is 71.3 Å². The molecular weight excluding hydrogens is 256 g/mol. The van der Waals surface area contributed by atoms with Crippen molar-refractivity contribution in [2.24, 2.45) is 5.84 Å². The predicted octanol–water partition coefficient (Wildman–Crippen LogP) is 3.49. The minimum atomic E-state index is 0.194. The van der Waals surface area contributed by atoms with Gasteiger partial charge in [-0.15, -0.1) is 0 Å². The van der Waals surface area contributed by atoms with E-state index in [1.807, 2.05) is 0 Å². The van der Waals surface area contributed by atoms with Crippen LogP contribution in [0.3, 0.4) is 0 Å². The van der Waals surface area contributed by atoms with Crippen LogP contribution in [0.15, 0.2) is 54.6 Å². The first-order valence-electron chi connectivity index (χ1n) is 7.82. The van der Waals surface area contributed by atoms with Crippen molar-refractivity contribution in [1.29, 1.82) is 0 Å². The fourth-order valence-corrected chi connectivity index (χ4v) is 3.65. The summed E-state index contributed by atoms with van der Waals surface area (Å²) in [6, 6.07) is 19.9. The first-order valence-corrected chi connectivity index (χ1v) is 7.82. The lowest BCUT2D eigenvalue weighted by Crippen LogP contribution is -2.56. The Bertz CT molecular complexity index is 588. The molecule has 21 heavy (non-hydrogen) atoms. The van der Waals surface area contributed by atoms with Gasteiger partial charge >= 0.3 is 0 Å². The van der Waals surface area contributed by atoms with E-state index >= 15 is 0 Å². The maximum Gasteiger partial charge on any atom is 0.0347 e. The van der Waals surface area contributed by atoms with Crippen molar-refractivity contribution < 1.29 is 0 Å². The molecule has 0 aromatic heterocycles. The summed E-state index contributed by atoms with van der Waals surface area (Å²) in [5.41, 5.74) is 7.40. The van der Waals surface area contributed by atoms with Crippen LogP contribution in [0.2, 0.25) is 0 Å². The Morgan fingerprint density at radius 1 is 1.10 bits per heavy atom. The zero-order valence-electron chi connectivity index (χ0n) is 12.7. The van der Waals surface area contributed by atoms with E-state index in [2.05, 4.69) is 66.9 Å². The zero-order valence-corrected chi connectivity index (χ0v) is 12.7. The Balaban J connectivity index is 1.87. The largest absolute Gasteiger partial charge is 0.271 e. The average molecular weight is 280 g/mol. The lowest BCUT2D eigenvalue weighted by atomic mass is 9.59. The van der Waals surface area contributed by atoms with Gasteiger partial charge in [-0.1, -0.05) is 66.6 Å². The van der Waals surface area contributed by atoms with Crippen molar-refractivity contribution in [1.82, 2.24) is 5.43 Å². The molecule has 3 rings (SSSR count). The average Bonchev–Trinajstić information content (AvgIpc) is 2.46. The highest BCUT2D eigenvalue weighted by Gasteiger charge is 2.44. The number of hydrogen-bond donors (Lipinski definition) is 2. The van der Waals surface area contributed by atoms with E-state index in [9.17, 15) is 0 Å². The number of rotatable bonds is 5. The topological polar surface area (TPSA) is 38.0 Å². The Morgan fingerprint density at radius 3 is 2.43 bits per heavy atom. The standard InChI is InChI=1S/C19H24N2/c1-15-7-5-8-16(13-15)14-18(21-20)19(11-6-12-19)17-9-3-2-4-10-17/h2-5,7-10,13,18,21H,6,11-12,14,20H2,1H3. The second kappa shape index (κ2) is 6.00. The molecule has 2 heteroatoms. The summed E-state index contributed by atoms with van der Waals surface area (Å²) < 4.78 is 0. The lowest BCUT2D eigenvalue weighted by molar-refractivity contribution is 0.168. The molecule has 1 atom stereocenters. The minimum Gasteiger partial charge on any atom is -0.271 e. The second-order valence-electron chi connectivity index (χ2n) is 6.29. The molecule has 1 aliphatic rings. The minimum absolute atomic E-state index is 0.194. The summed E-state index contributed by atoms with van der Waals surface area (Å²) >= 11 is 0. The van der Waals surface area contributed by atoms with Gasteiger partial charge in [-0.05, 0) is 37.3 Å². The quantitative estimate of drug-likeness (QED) is 0.650. The summed E-state index contributed by atoms with van der Waals surface area (Å²) in [6.07, 6.45) is 4.71. The Morgan fingerprint density at radius 2 is 1.86 bits per heavy atom. The fraction of sp³-hybridized carbons (Fsp3) is 0.368. The molecule has 0 bridgehead atoms. The Labute approximate surface area is 127 Å². The molecule has 0 spiro atoms. The van der Waals surface area contributed by atoms with E-state index < -0.39 is 0 Å².